The van der Waals surface area contributed by atoms with E-state index in [9.17, 15) is 13.2 Å². The molecular formula is C10H17N5O3S. The number of anilines is 1. The van der Waals surface area contributed by atoms with Gasteiger partial charge in [0, 0.05) is 20.1 Å². The molecule has 8 nitrogen and oxygen atoms in total. The van der Waals surface area contributed by atoms with E-state index in [0.717, 1.165) is 6.20 Å². The van der Waals surface area contributed by atoms with Crippen LogP contribution in [-0.4, -0.2) is 59.4 Å². The highest BCUT2D eigenvalue weighted by Crippen LogP contribution is 2.30. The van der Waals surface area contributed by atoms with Crippen molar-refractivity contribution >= 4 is 21.7 Å². The number of nitrogen functional groups attached to an aromatic ring is 1. The molecule has 1 aliphatic rings. The second-order valence-corrected chi connectivity index (χ2v) is 6.84. The predicted molar refractivity (Wildman–Crippen MR) is 68.6 cm³/mol. The average molecular weight is 287 g/mol. The van der Waals surface area contributed by atoms with Crippen LogP contribution in [0, 0.1) is 0 Å². The van der Waals surface area contributed by atoms with Crippen LogP contribution in [0.5, 0.6) is 0 Å². The summed E-state index contributed by atoms with van der Waals surface area (Å²) in [5.74, 6) is -0.272. The molecule has 0 spiro atoms. The van der Waals surface area contributed by atoms with Gasteiger partial charge in [0.05, 0.1) is 6.20 Å². The third-order valence-corrected chi connectivity index (χ3v) is 5.43. The van der Waals surface area contributed by atoms with Crippen molar-refractivity contribution in [2.24, 2.45) is 0 Å². The Bertz CT molecular complexity index is 606. The molecule has 0 aromatic carbocycles. The van der Waals surface area contributed by atoms with E-state index in [4.69, 9.17) is 5.73 Å². The van der Waals surface area contributed by atoms with Crippen molar-refractivity contribution in [2.45, 2.75) is 24.3 Å². The number of nitrogens with one attached hydrogen (secondary N) is 1. The van der Waals surface area contributed by atoms with Gasteiger partial charge in [-0.05, 0) is 13.8 Å². The van der Waals surface area contributed by atoms with Crippen LogP contribution in [0.25, 0.3) is 0 Å². The average Bonchev–Trinajstić information content (AvgIpc) is 2.72. The molecule has 106 valence electrons. The first kappa shape index (κ1) is 13.8. The van der Waals surface area contributed by atoms with Gasteiger partial charge >= 0.3 is 0 Å². The van der Waals surface area contributed by atoms with Gasteiger partial charge in [-0.15, -0.1) is 0 Å². The van der Waals surface area contributed by atoms with Crippen LogP contribution in [-0.2, 0) is 14.8 Å². The minimum Gasteiger partial charge on any atom is -0.383 e. The van der Waals surface area contributed by atoms with E-state index in [-0.39, 0.29) is 23.2 Å². The normalized spacial score (nSPS) is 20.8. The summed E-state index contributed by atoms with van der Waals surface area (Å²) in [6.07, 6.45) is 1.16. The lowest BCUT2D eigenvalue weighted by atomic mass is 10.0. The third-order valence-electron chi connectivity index (χ3n) is 3.33. The van der Waals surface area contributed by atoms with Crippen molar-refractivity contribution in [1.82, 2.24) is 19.4 Å². The van der Waals surface area contributed by atoms with Crippen LogP contribution in [0.1, 0.15) is 13.8 Å². The molecule has 0 atom stereocenters. The maximum Gasteiger partial charge on any atom is 0.249 e. The predicted octanol–water partition coefficient (Wildman–Crippen LogP) is -0.767. The minimum atomic E-state index is -3.85. The highest BCUT2D eigenvalue weighted by molar-refractivity contribution is 7.89. The van der Waals surface area contributed by atoms with E-state index in [2.05, 4.69) is 10.2 Å². The van der Waals surface area contributed by atoms with E-state index in [1.165, 1.54) is 9.21 Å². The minimum absolute atomic E-state index is 0.0258. The molecule has 1 aromatic heterocycles. The molecule has 0 bridgehead atoms. The summed E-state index contributed by atoms with van der Waals surface area (Å²) in [6.45, 7) is 3.74. The van der Waals surface area contributed by atoms with Gasteiger partial charge in [0.15, 0.2) is 0 Å². The molecule has 1 saturated heterocycles. The molecule has 0 aliphatic carbocycles. The second-order valence-electron chi connectivity index (χ2n) is 5.01. The first-order valence-electron chi connectivity index (χ1n) is 5.76. The number of aromatic amines is 1. The van der Waals surface area contributed by atoms with Gasteiger partial charge in [0.1, 0.15) is 16.3 Å². The van der Waals surface area contributed by atoms with Crippen LogP contribution in [0.4, 0.5) is 5.82 Å². The Morgan fingerprint density at radius 2 is 2.05 bits per heavy atom. The summed E-state index contributed by atoms with van der Waals surface area (Å²) in [7, 11) is -2.19. The molecule has 9 heteroatoms. The van der Waals surface area contributed by atoms with E-state index >= 15 is 0 Å². The van der Waals surface area contributed by atoms with E-state index in [0.29, 0.717) is 6.54 Å². The number of H-pyrrole nitrogens is 1. The molecular weight excluding hydrogens is 270 g/mol. The van der Waals surface area contributed by atoms with Gasteiger partial charge in [-0.1, -0.05) is 0 Å². The van der Waals surface area contributed by atoms with Crippen LogP contribution < -0.4 is 5.73 Å². The van der Waals surface area contributed by atoms with Crippen molar-refractivity contribution in [3.63, 3.8) is 0 Å². The number of amides is 1. The Labute approximate surface area is 111 Å². The van der Waals surface area contributed by atoms with Crippen LogP contribution >= 0.6 is 0 Å². The quantitative estimate of drug-likeness (QED) is 0.742. The largest absolute Gasteiger partial charge is 0.383 e. The van der Waals surface area contributed by atoms with Crippen molar-refractivity contribution in [3.05, 3.63) is 6.20 Å². The molecule has 0 saturated carbocycles. The van der Waals surface area contributed by atoms with Crippen LogP contribution in [0.15, 0.2) is 11.1 Å². The second kappa shape index (κ2) is 4.20. The fourth-order valence-electron chi connectivity index (χ4n) is 2.23. The first-order valence-corrected chi connectivity index (χ1v) is 7.20. The number of hydrogen-bond donors (Lipinski definition) is 2. The molecule has 1 amide bonds. The van der Waals surface area contributed by atoms with E-state index < -0.39 is 15.6 Å². The topological polar surface area (TPSA) is 112 Å². The van der Waals surface area contributed by atoms with Crippen LogP contribution in [0.2, 0.25) is 0 Å². The Hall–Kier alpha value is -1.61. The molecule has 1 aromatic rings. The van der Waals surface area contributed by atoms with E-state index in [1.54, 1.807) is 20.9 Å². The van der Waals surface area contributed by atoms with Crippen molar-refractivity contribution < 1.29 is 13.2 Å². The van der Waals surface area contributed by atoms with Crippen LogP contribution in [0.3, 0.4) is 0 Å². The molecule has 0 unspecified atom stereocenters. The van der Waals surface area contributed by atoms with Gasteiger partial charge in [-0.3, -0.25) is 9.89 Å². The van der Waals surface area contributed by atoms with Crippen molar-refractivity contribution in [2.75, 3.05) is 25.9 Å². The number of nitrogens with zero attached hydrogens (tertiary/aromatic N) is 3. The Morgan fingerprint density at radius 3 is 2.58 bits per heavy atom. The number of piperazine rings is 1. The molecule has 1 aliphatic heterocycles. The molecule has 2 heterocycles. The number of likely N-dealkylation sites (N-methyl/N-ethyl adjacent to an activating group) is 1. The Kier molecular flexibility index (Phi) is 3.06. The molecule has 19 heavy (non-hydrogen) atoms. The third kappa shape index (κ3) is 1.98. The van der Waals surface area contributed by atoms with Gasteiger partial charge < -0.3 is 10.6 Å². The number of nitrogens with two attached hydrogens (primary N) is 1. The standard InChI is InChI=1S/C10H17N5O3S/c1-10(2)9(16)14(3)4-5-15(10)19(17,18)7-6-12-13-8(7)11/h6H,4-5H2,1-3H3,(H3,11,12,13). The zero-order valence-electron chi connectivity index (χ0n) is 11.0. The monoisotopic (exact) mass is 287 g/mol. The molecule has 1 fully saturated rings. The maximum absolute atomic E-state index is 12.6. The SMILES string of the molecule is CN1CCN(S(=O)(=O)c2cn[nH]c2N)C(C)(C)C1=O. The van der Waals surface area contributed by atoms with Gasteiger partial charge in [0.2, 0.25) is 15.9 Å². The fourth-order valence-corrected chi connectivity index (χ4v) is 3.97. The lowest BCUT2D eigenvalue weighted by Crippen LogP contribution is -2.63. The maximum atomic E-state index is 12.6. The van der Waals surface area contributed by atoms with Crippen molar-refractivity contribution in [3.8, 4) is 0 Å². The molecule has 0 radical (unpaired) electrons. The Balaban J connectivity index is 2.47. The zero-order chi connectivity index (χ0) is 14.4. The number of carbonyl (C=O) groups excluding carboxylic acids is 1. The Morgan fingerprint density at radius 1 is 1.42 bits per heavy atom. The summed E-state index contributed by atoms with van der Waals surface area (Å²) in [5, 5.41) is 6.00. The molecule has 2 rings (SSSR count). The van der Waals surface area contributed by atoms with Gasteiger partial charge in [0.25, 0.3) is 0 Å². The lowest BCUT2D eigenvalue weighted by molar-refractivity contribution is -0.142. The van der Waals surface area contributed by atoms with Crippen molar-refractivity contribution in [1.29, 1.82) is 0 Å². The number of aromatic nitrogens is 2. The first-order chi connectivity index (χ1) is 8.69. The van der Waals surface area contributed by atoms with E-state index in [1.807, 2.05) is 0 Å². The smallest absolute Gasteiger partial charge is 0.249 e. The summed E-state index contributed by atoms with van der Waals surface area (Å²) >= 11 is 0. The number of rotatable bonds is 2. The number of sulfonamides is 1. The highest BCUT2D eigenvalue weighted by Gasteiger charge is 2.47. The summed E-state index contributed by atoms with van der Waals surface area (Å²) < 4.78 is 26.3. The van der Waals surface area contributed by atoms with Gasteiger partial charge in [-0.2, -0.15) is 9.40 Å². The molecule has 3 N–H and O–H groups in total. The lowest BCUT2D eigenvalue weighted by Gasteiger charge is -2.43. The fraction of sp³-hybridized carbons (Fsp3) is 0.600. The summed E-state index contributed by atoms with van der Waals surface area (Å²) in [6, 6.07) is 0. The summed E-state index contributed by atoms with van der Waals surface area (Å²) in [4.78, 5) is 13.5. The van der Waals surface area contributed by atoms with Gasteiger partial charge in [-0.25, -0.2) is 8.42 Å². The zero-order valence-corrected chi connectivity index (χ0v) is 11.9. The number of hydrogen-bond acceptors (Lipinski definition) is 5. The number of carbonyl (C=O) groups is 1. The highest BCUT2D eigenvalue weighted by atomic mass is 32.2. The summed E-state index contributed by atoms with van der Waals surface area (Å²) in [5.41, 5.74) is 4.42.